The first kappa shape index (κ1) is 13.3. The quantitative estimate of drug-likeness (QED) is 0.805. The second-order valence-electron chi connectivity index (χ2n) is 4.58. The van der Waals surface area contributed by atoms with Crippen molar-refractivity contribution in [3.8, 4) is 0 Å². The van der Waals surface area contributed by atoms with E-state index < -0.39 is 0 Å². The molecule has 0 amide bonds. The molecule has 0 radical (unpaired) electrons. The molecule has 0 aromatic carbocycles. The van der Waals surface area contributed by atoms with Crippen molar-refractivity contribution in [2.75, 3.05) is 13.6 Å². The van der Waals surface area contributed by atoms with Crippen LogP contribution in [0.4, 0.5) is 0 Å². The fourth-order valence-corrected chi connectivity index (χ4v) is 1.53. The van der Waals surface area contributed by atoms with Crippen LogP contribution in [-0.2, 0) is 13.1 Å². The van der Waals surface area contributed by atoms with Gasteiger partial charge >= 0.3 is 0 Å². The van der Waals surface area contributed by atoms with Gasteiger partial charge in [0.1, 0.15) is 11.5 Å². The molecular weight excluding hydrogens is 200 g/mol. The molecule has 0 saturated carbocycles. The highest BCUT2D eigenvalue weighted by molar-refractivity contribution is 5.20. The smallest absolute Gasteiger partial charge is 0.118 e. The lowest BCUT2D eigenvalue weighted by atomic mass is 10.2. The molecule has 0 aliphatic rings. The van der Waals surface area contributed by atoms with Crippen molar-refractivity contribution in [1.29, 1.82) is 0 Å². The minimum Gasteiger partial charge on any atom is -0.465 e. The normalized spacial score (nSPS) is 11.7. The Bertz CT molecular complexity index is 318. The number of hydrogen-bond acceptors (Lipinski definition) is 3. The van der Waals surface area contributed by atoms with Gasteiger partial charge in [-0.1, -0.05) is 6.92 Å². The predicted octanol–water partition coefficient (Wildman–Crippen LogP) is 2.54. The lowest BCUT2D eigenvalue weighted by Gasteiger charge is -2.20. The minimum atomic E-state index is 0.562. The Hall–Kier alpha value is -0.800. The van der Waals surface area contributed by atoms with Gasteiger partial charge in [0.05, 0.1) is 6.54 Å². The van der Waals surface area contributed by atoms with Crippen molar-refractivity contribution in [2.45, 2.75) is 46.8 Å². The first-order valence-corrected chi connectivity index (χ1v) is 6.03. The van der Waals surface area contributed by atoms with E-state index in [4.69, 9.17) is 4.42 Å². The summed E-state index contributed by atoms with van der Waals surface area (Å²) in [5, 5.41) is 3.27. The van der Waals surface area contributed by atoms with Crippen molar-refractivity contribution in [2.24, 2.45) is 0 Å². The molecule has 0 fully saturated rings. The minimum absolute atomic E-state index is 0.562. The number of rotatable bonds is 6. The van der Waals surface area contributed by atoms with Crippen LogP contribution in [0.1, 0.15) is 37.9 Å². The zero-order valence-corrected chi connectivity index (χ0v) is 11.1. The molecule has 0 saturated heterocycles. The molecule has 0 aliphatic carbocycles. The van der Waals surface area contributed by atoms with Crippen molar-refractivity contribution < 1.29 is 4.42 Å². The van der Waals surface area contributed by atoms with Crippen LogP contribution in [0.3, 0.4) is 0 Å². The van der Waals surface area contributed by atoms with Gasteiger partial charge in [-0.2, -0.15) is 0 Å². The highest BCUT2D eigenvalue weighted by Crippen LogP contribution is 2.17. The van der Waals surface area contributed by atoms with Gasteiger partial charge < -0.3 is 9.73 Å². The summed E-state index contributed by atoms with van der Waals surface area (Å²) in [6.45, 7) is 11.3. The van der Waals surface area contributed by atoms with Gasteiger partial charge in [0.25, 0.3) is 0 Å². The summed E-state index contributed by atoms with van der Waals surface area (Å²) in [7, 11) is 2.14. The molecule has 1 aromatic rings. The summed E-state index contributed by atoms with van der Waals surface area (Å²) in [6.07, 6.45) is 0. The van der Waals surface area contributed by atoms with Crippen LogP contribution in [0.2, 0.25) is 0 Å². The van der Waals surface area contributed by atoms with Crippen molar-refractivity contribution in [1.82, 2.24) is 10.2 Å². The average molecular weight is 224 g/mol. The molecular formula is C13H24N2O. The summed E-state index contributed by atoms with van der Waals surface area (Å²) < 4.78 is 5.71. The molecule has 0 atom stereocenters. The number of nitrogens with zero attached hydrogens (tertiary/aromatic N) is 1. The zero-order chi connectivity index (χ0) is 12.1. The second-order valence-corrected chi connectivity index (χ2v) is 4.58. The summed E-state index contributed by atoms with van der Waals surface area (Å²) in [4.78, 5) is 2.31. The largest absolute Gasteiger partial charge is 0.465 e. The summed E-state index contributed by atoms with van der Waals surface area (Å²) in [5.74, 6) is 2.08. The SMILES string of the molecule is CCNCc1cc(CN(C)C(C)C)c(C)o1. The van der Waals surface area contributed by atoms with Gasteiger partial charge in [-0.3, -0.25) is 4.90 Å². The van der Waals surface area contributed by atoms with Gasteiger partial charge in [-0.25, -0.2) is 0 Å². The van der Waals surface area contributed by atoms with Gasteiger partial charge in [0, 0.05) is 18.2 Å². The van der Waals surface area contributed by atoms with Crippen molar-refractivity contribution in [3.63, 3.8) is 0 Å². The fourth-order valence-electron chi connectivity index (χ4n) is 1.53. The maximum Gasteiger partial charge on any atom is 0.118 e. The molecule has 92 valence electrons. The van der Waals surface area contributed by atoms with E-state index in [1.165, 1.54) is 5.56 Å². The molecule has 0 bridgehead atoms. The Morgan fingerprint density at radius 1 is 1.44 bits per heavy atom. The number of furan rings is 1. The monoisotopic (exact) mass is 224 g/mol. The van der Waals surface area contributed by atoms with E-state index in [2.05, 4.69) is 44.1 Å². The molecule has 0 spiro atoms. The second kappa shape index (κ2) is 6.06. The third-order valence-corrected chi connectivity index (χ3v) is 2.92. The Morgan fingerprint density at radius 3 is 2.69 bits per heavy atom. The molecule has 1 rings (SSSR count). The van der Waals surface area contributed by atoms with Crippen LogP contribution < -0.4 is 5.32 Å². The highest BCUT2D eigenvalue weighted by Gasteiger charge is 2.11. The summed E-state index contributed by atoms with van der Waals surface area (Å²) >= 11 is 0. The molecule has 3 nitrogen and oxygen atoms in total. The lowest BCUT2D eigenvalue weighted by Crippen LogP contribution is -2.25. The Morgan fingerprint density at radius 2 is 2.12 bits per heavy atom. The summed E-state index contributed by atoms with van der Waals surface area (Å²) in [5.41, 5.74) is 1.30. The molecule has 3 heteroatoms. The van der Waals surface area contributed by atoms with Gasteiger partial charge in [-0.15, -0.1) is 0 Å². The molecule has 1 heterocycles. The molecule has 16 heavy (non-hydrogen) atoms. The molecule has 0 unspecified atom stereocenters. The number of aryl methyl sites for hydroxylation is 1. The molecule has 1 aromatic heterocycles. The topological polar surface area (TPSA) is 28.4 Å². The van der Waals surface area contributed by atoms with Crippen LogP contribution in [0.5, 0.6) is 0 Å². The number of hydrogen-bond donors (Lipinski definition) is 1. The first-order chi connectivity index (χ1) is 7.54. The Kier molecular flexibility index (Phi) is 5.03. The zero-order valence-electron chi connectivity index (χ0n) is 11.1. The van der Waals surface area contributed by atoms with E-state index in [-0.39, 0.29) is 0 Å². The average Bonchev–Trinajstić information content (AvgIpc) is 2.56. The van der Waals surface area contributed by atoms with E-state index in [1.807, 2.05) is 6.92 Å². The van der Waals surface area contributed by atoms with E-state index in [0.29, 0.717) is 6.04 Å². The fraction of sp³-hybridized carbons (Fsp3) is 0.692. The van der Waals surface area contributed by atoms with E-state index in [0.717, 1.165) is 31.2 Å². The van der Waals surface area contributed by atoms with Gasteiger partial charge in [0.2, 0.25) is 0 Å². The predicted molar refractivity (Wildman–Crippen MR) is 67.4 cm³/mol. The standard InChI is InChI=1S/C13H24N2O/c1-6-14-8-13-7-12(11(4)16-13)9-15(5)10(2)3/h7,10,14H,6,8-9H2,1-5H3. The van der Waals surface area contributed by atoms with Gasteiger partial charge in [-0.05, 0) is 40.4 Å². The highest BCUT2D eigenvalue weighted by atomic mass is 16.3. The van der Waals surface area contributed by atoms with Crippen LogP contribution in [-0.4, -0.2) is 24.5 Å². The lowest BCUT2D eigenvalue weighted by molar-refractivity contribution is 0.264. The summed E-state index contributed by atoms with van der Waals surface area (Å²) in [6, 6.07) is 2.73. The number of nitrogens with one attached hydrogen (secondary N) is 1. The Labute approximate surface area is 98.8 Å². The van der Waals surface area contributed by atoms with Crippen LogP contribution in [0, 0.1) is 6.92 Å². The van der Waals surface area contributed by atoms with Crippen LogP contribution >= 0.6 is 0 Å². The molecule has 0 aliphatic heterocycles. The van der Waals surface area contributed by atoms with E-state index >= 15 is 0 Å². The maximum absolute atomic E-state index is 5.71. The van der Waals surface area contributed by atoms with E-state index in [1.54, 1.807) is 0 Å². The third-order valence-electron chi connectivity index (χ3n) is 2.92. The first-order valence-electron chi connectivity index (χ1n) is 6.03. The molecule has 1 N–H and O–H groups in total. The van der Waals surface area contributed by atoms with Crippen molar-refractivity contribution >= 4 is 0 Å². The van der Waals surface area contributed by atoms with E-state index in [9.17, 15) is 0 Å². The van der Waals surface area contributed by atoms with Gasteiger partial charge in [0.15, 0.2) is 0 Å². The maximum atomic E-state index is 5.71. The van der Waals surface area contributed by atoms with Crippen LogP contribution in [0.15, 0.2) is 10.5 Å². The van der Waals surface area contributed by atoms with Crippen molar-refractivity contribution in [3.05, 3.63) is 23.2 Å². The third kappa shape index (κ3) is 3.65. The Balaban J connectivity index is 2.62. The van der Waals surface area contributed by atoms with Crippen LogP contribution in [0.25, 0.3) is 0 Å².